The van der Waals surface area contributed by atoms with Gasteiger partial charge in [-0.05, 0) is 18.3 Å². The van der Waals surface area contributed by atoms with Crippen molar-refractivity contribution in [2.24, 2.45) is 11.8 Å². The average molecular weight is 297 g/mol. The first-order chi connectivity index (χ1) is 10.0. The molecular formula is C14H23N3O4. The van der Waals surface area contributed by atoms with Crippen molar-refractivity contribution in [1.82, 2.24) is 15.1 Å². The van der Waals surface area contributed by atoms with Crippen LogP contribution >= 0.6 is 0 Å². The van der Waals surface area contributed by atoms with Gasteiger partial charge in [-0.15, -0.1) is 5.10 Å². The Balaban J connectivity index is 1.94. The van der Waals surface area contributed by atoms with Gasteiger partial charge in [-0.25, -0.2) is 4.79 Å². The predicted molar refractivity (Wildman–Crippen MR) is 75.6 cm³/mol. The fraction of sp³-hybridized carbons (Fsp3) is 0.786. The van der Waals surface area contributed by atoms with E-state index < -0.39 is 5.76 Å². The van der Waals surface area contributed by atoms with Crippen LogP contribution in [-0.2, 0) is 22.7 Å². The van der Waals surface area contributed by atoms with Crippen LogP contribution in [0.15, 0.2) is 9.21 Å². The van der Waals surface area contributed by atoms with Gasteiger partial charge in [0.25, 0.3) is 0 Å². The normalized spacial score (nSPS) is 25.8. The van der Waals surface area contributed by atoms with E-state index in [1.54, 1.807) is 0 Å². The fourth-order valence-electron chi connectivity index (χ4n) is 2.81. The molecule has 0 aromatic carbocycles. The molecule has 21 heavy (non-hydrogen) atoms. The summed E-state index contributed by atoms with van der Waals surface area (Å²) in [6, 6.07) is 0.169. The molecule has 1 heterocycles. The first kappa shape index (κ1) is 15.8. The van der Waals surface area contributed by atoms with E-state index >= 15 is 0 Å². The van der Waals surface area contributed by atoms with Crippen LogP contribution in [0, 0.1) is 11.8 Å². The molecular weight excluding hydrogens is 274 g/mol. The standard InChI is InChI=1S/C14H23N3O4/c1-9-5-4-6-11(10(9)2)15-12(18)7-17-14(19)21-13(16-17)8-20-3/h9-11H,4-8H2,1-3H3,(H,15,18)/t9-,10+,11-/m1/s1. The summed E-state index contributed by atoms with van der Waals surface area (Å²) in [5, 5.41) is 6.92. The van der Waals surface area contributed by atoms with Crippen LogP contribution in [0.4, 0.5) is 0 Å². The molecule has 0 radical (unpaired) electrons. The van der Waals surface area contributed by atoms with Crippen molar-refractivity contribution >= 4 is 5.91 Å². The van der Waals surface area contributed by atoms with Crippen LogP contribution in [0.25, 0.3) is 0 Å². The Labute approximate surface area is 123 Å². The molecule has 1 aliphatic carbocycles. The minimum atomic E-state index is -0.637. The van der Waals surface area contributed by atoms with Crippen LogP contribution < -0.4 is 11.1 Å². The zero-order valence-corrected chi connectivity index (χ0v) is 12.8. The molecule has 2 rings (SSSR count). The number of hydrogen-bond acceptors (Lipinski definition) is 5. The molecule has 0 spiro atoms. The highest BCUT2D eigenvalue weighted by Crippen LogP contribution is 2.29. The third-order valence-corrected chi connectivity index (χ3v) is 4.26. The Kier molecular flexibility index (Phi) is 5.17. The van der Waals surface area contributed by atoms with Crippen molar-refractivity contribution in [3.8, 4) is 0 Å². The molecule has 0 bridgehead atoms. The largest absolute Gasteiger partial charge is 0.437 e. The van der Waals surface area contributed by atoms with Crippen molar-refractivity contribution < 1.29 is 13.9 Å². The van der Waals surface area contributed by atoms with Gasteiger partial charge in [-0.3, -0.25) is 4.79 Å². The Morgan fingerprint density at radius 2 is 2.24 bits per heavy atom. The molecule has 0 saturated heterocycles. The second-order valence-corrected chi connectivity index (χ2v) is 5.79. The van der Waals surface area contributed by atoms with E-state index in [9.17, 15) is 9.59 Å². The van der Waals surface area contributed by atoms with Gasteiger partial charge >= 0.3 is 5.76 Å². The van der Waals surface area contributed by atoms with Crippen LogP contribution in [0.3, 0.4) is 0 Å². The van der Waals surface area contributed by atoms with E-state index in [0.29, 0.717) is 11.8 Å². The lowest BCUT2D eigenvalue weighted by atomic mass is 9.78. The number of aromatic nitrogens is 2. The molecule has 118 valence electrons. The van der Waals surface area contributed by atoms with Crippen LogP contribution in [0.5, 0.6) is 0 Å². The van der Waals surface area contributed by atoms with E-state index in [-0.39, 0.29) is 31.0 Å². The third-order valence-electron chi connectivity index (χ3n) is 4.26. The monoisotopic (exact) mass is 297 g/mol. The molecule has 1 amide bonds. The van der Waals surface area contributed by atoms with Crippen LogP contribution in [0.1, 0.15) is 39.0 Å². The van der Waals surface area contributed by atoms with Gasteiger partial charge in [0.05, 0.1) is 0 Å². The maximum absolute atomic E-state index is 12.1. The first-order valence-corrected chi connectivity index (χ1v) is 7.36. The molecule has 3 atom stereocenters. The SMILES string of the molecule is COCc1nn(CC(=O)N[C@@H]2CCC[C@@H](C)[C@@H]2C)c(=O)o1. The zero-order chi connectivity index (χ0) is 15.4. The van der Waals surface area contributed by atoms with E-state index in [2.05, 4.69) is 24.3 Å². The van der Waals surface area contributed by atoms with Gasteiger partial charge in [0, 0.05) is 13.2 Å². The van der Waals surface area contributed by atoms with E-state index in [0.717, 1.165) is 17.5 Å². The lowest BCUT2D eigenvalue weighted by Gasteiger charge is -2.34. The Bertz CT molecular complexity index is 537. The molecule has 7 heteroatoms. The van der Waals surface area contributed by atoms with Gasteiger partial charge in [-0.1, -0.05) is 26.7 Å². The van der Waals surface area contributed by atoms with Crippen molar-refractivity contribution in [2.45, 2.75) is 52.3 Å². The molecule has 1 saturated carbocycles. The second kappa shape index (κ2) is 6.89. The number of nitrogens with zero attached hydrogens (tertiary/aromatic N) is 2. The van der Waals surface area contributed by atoms with E-state index in [1.165, 1.54) is 13.5 Å². The van der Waals surface area contributed by atoms with Crippen LogP contribution in [0.2, 0.25) is 0 Å². The molecule has 0 aliphatic heterocycles. The Morgan fingerprint density at radius 3 is 2.95 bits per heavy atom. The number of methoxy groups -OCH3 is 1. The van der Waals surface area contributed by atoms with Gasteiger partial charge in [0.2, 0.25) is 11.8 Å². The number of ether oxygens (including phenoxy) is 1. The summed E-state index contributed by atoms with van der Waals surface area (Å²) in [5.41, 5.74) is 0. The molecule has 1 aliphatic rings. The van der Waals surface area contributed by atoms with Crippen molar-refractivity contribution in [3.05, 3.63) is 16.4 Å². The summed E-state index contributed by atoms with van der Waals surface area (Å²) >= 11 is 0. The maximum atomic E-state index is 12.1. The van der Waals surface area contributed by atoms with Gasteiger partial charge in [0.15, 0.2) is 0 Å². The predicted octanol–water partition coefficient (Wildman–Crippen LogP) is 0.924. The number of amides is 1. The highest BCUT2D eigenvalue weighted by atomic mass is 16.5. The number of nitrogens with one attached hydrogen (secondary N) is 1. The molecule has 1 aromatic heterocycles. The second-order valence-electron chi connectivity index (χ2n) is 5.79. The number of carbonyl (C=O) groups is 1. The summed E-state index contributed by atoms with van der Waals surface area (Å²) in [4.78, 5) is 23.6. The van der Waals surface area contributed by atoms with Crippen molar-refractivity contribution in [3.63, 3.8) is 0 Å². The summed E-state index contributed by atoms with van der Waals surface area (Å²) in [6.45, 7) is 4.36. The third kappa shape index (κ3) is 3.93. The van der Waals surface area contributed by atoms with Crippen LogP contribution in [-0.4, -0.2) is 28.8 Å². The van der Waals surface area contributed by atoms with Gasteiger partial charge < -0.3 is 14.5 Å². The molecule has 1 aromatic rings. The molecule has 0 unspecified atom stereocenters. The molecule has 1 fully saturated rings. The Morgan fingerprint density at radius 1 is 1.48 bits per heavy atom. The van der Waals surface area contributed by atoms with E-state index in [4.69, 9.17) is 9.15 Å². The topological polar surface area (TPSA) is 86.4 Å². The minimum absolute atomic E-state index is 0.112. The first-order valence-electron chi connectivity index (χ1n) is 7.36. The minimum Gasteiger partial charge on any atom is -0.390 e. The Hall–Kier alpha value is -1.63. The highest BCUT2D eigenvalue weighted by molar-refractivity contribution is 5.75. The highest BCUT2D eigenvalue weighted by Gasteiger charge is 2.28. The number of rotatable bonds is 5. The summed E-state index contributed by atoms with van der Waals surface area (Å²) in [5.74, 6) is 0.380. The van der Waals surface area contributed by atoms with Crippen molar-refractivity contribution in [1.29, 1.82) is 0 Å². The fourth-order valence-corrected chi connectivity index (χ4v) is 2.81. The summed E-state index contributed by atoms with van der Waals surface area (Å²) < 4.78 is 10.7. The maximum Gasteiger partial charge on any atom is 0.437 e. The number of hydrogen-bond donors (Lipinski definition) is 1. The lowest BCUT2D eigenvalue weighted by molar-refractivity contribution is -0.123. The molecule has 1 N–H and O–H groups in total. The lowest BCUT2D eigenvalue weighted by Crippen LogP contribution is -2.45. The van der Waals surface area contributed by atoms with Crippen molar-refractivity contribution in [2.75, 3.05) is 7.11 Å². The van der Waals surface area contributed by atoms with Gasteiger partial charge in [0.1, 0.15) is 13.2 Å². The number of carbonyl (C=O) groups excluding carboxylic acids is 1. The zero-order valence-electron chi connectivity index (χ0n) is 12.8. The van der Waals surface area contributed by atoms with E-state index in [1.807, 2.05) is 0 Å². The quantitative estimate of drug-likeness (QED) is 0.873. The van der Waals surface area contributed by atoms with Gasteiger partial charge in [-0.2, -0.15) is 4.68 Å². The average Bonchev–Trinajstić information content (AvgIpc) is 2.76. The summed E-state index contributed by atoms with van der Waals surface area (Å²) in [6.07, 6.45) is 3.31. The molecule has 7 nitrogen and oxygen atoms in total. The summed E-state index contributed by atoms with van der Waals surface area (Å²) in [7, 11) is 1.48. The smallest absolute Gasteiger partial charge is 0.390 e.